The molecule has 2 heteroatoms. The van der Waals surface area contributed by atoms with E-state index in [1.165, 1.54) is 20.0 Å². The number of carbonyl (C=O) groups is 1. The molecule has 0 heterocycles. The van der Waals surface area contributed by atoms with Gasteiger partial charge in [0.15, 0.2) is 0 Å². The third-order valence-electron chi connectivity index (χ3n) is 5.90. The van der Waals surface area contributed by atoms with Gasteiger partial charge in [-0.15, -0.1) is 0 Å². The van der Waals surface area contributed by atoms with Crippen LogP contribution in [-0.2, 0) is 9.53 Å². The molecule has 0 saturated heterocycles. The van der Waals surface area contributed by atoms with Crippen molar-refractivity contribution in [2.75, 3.05) is 7.11 Å². The molecular weight excluding hydrogens is 200 g/mol. The first-order valence-corrected chi connectivity index (χ1v) is 6.71. The van der Waals surface area contributed by atoms with Crippen LogP contribution in [0.5, 0.6) is 0 Å². The number of hydrogen-bond donors (Lipinski definition) is 0. The van der Waals surface area contributed by atoms with E-state index in [4.69, 9.17) is 4.74 Å². The molecule has 3 fully saturated rings. The quantitative estimate of drug-likeness (QED) is 0.638. The highest BCUT2D eigenvalue weighted by molar-refractivity contribution is 5.73. The van der Waals surface area contributed by atoms with Gasteiger partial charge in [0.1, 0.15) is 0 Å². The minimum Gasteiger partial charge on any atom is -0.469 e. The zero-order chi connectivity index (χ0) is 11.4. The van der Waals surface area contributed by atoms with Crippen molar-refractivity contribution in [1.82, 2.24) is 0 Å². The van der Waals surface area contributed by atoms with Crippen LogP contribution in [0.3, 0.4) is 0 Å². The minimum absolute atomic E-state index is 0.0534. The lowest BCUT2D eigenvalue weighted by molar-refractivity contribution is -0.148. The third kappa shape index (κ3) is 1.22. The fourth-order valence-electron chi connectivity index (χ4n) is 5.09. The van der Waals surface area contributed by atoms with Crippen molar-refractivity contribution >= 4 is 5.97 Å². The number of hydrogen-bond acceptors (Lipinski definition) is 2. The smallest absolute Gasteiger partial charge is 0.308 e. The van der Waals surface area contributed by atoms with Crippen molar-refractivity contribution in [3.05, 3.63) is 0 Å². The molecule has 3 saturated carbocycles. The van der Waals surface area contributed by atoms with E-state index in [-0.39, 0.29) is 11.9 Å². The Kier molecular flexibility index (Phi) is 2.31. The van der Waals surface area contributed by atoms with Crippen LogP contribution in [0.4, 0.5) is 0 Å². The molecule has 90 valence electrons. The summed E-state index contributed by atoms with van der Waals surface area (Å²) in [5, 5.41) is 0. The molecule has 16 heavy (non-hydrogen) atoms. The molecule has 0 amide bonds. The van der Waals surface area contributed by atoms with Crippen LogP contribution in [0.2, 0.25) is 0 Å². The fraction of sp³-hybridized carbons (Fsp3) is 0.929. The second-order valence-electron chi connectivity index (χ2n) is 6.34. The van der Waals surface area contributed by atoms with Gasteiger partial charge in [0.05, 0.1) is 13.0 Å². The highest BCUT2D eigenvalue weighted by Crippen LogP contribution is 2.64. The van der Waals surface area contributed by atoms with Crippen LogP contribution in [0, 0.1) is 41.4 Å². The van der Waals surface area contributed by atoms with Gasteiger partial charge in [-0.1, -0.05) is 13.8 Å². The Bertz CT molecular complexity index is 312. The van der Waals surface area contributed by atoms with Gasteiger partial charge in [0, 0.05) is 0 Å². The lowest BCUT2D eigenvalue weighted by atomic mass is 9.73. The molecule has 2 nitrogen and oxygen atoms in total. The predicted octanol–water partition coefficient (Wildman–Crippen LogP) is 2.72. The van der Waals surface area contributed by atoms with E-state index in [0.29, 0.717) is 5.92 Å². The summed E-state index contributed by atoms with van der Waals surface area (Å²) in [7, 11) is 1.53. The van der Waals surface area contributed by atoms with Gasteiger partial charge in [-0.05, 0) is 54.8 Å². The topological polar surface area (TPSA) is 26.3 Å². The Morgan fingerprint density at radius 3 is 2.56 bits per heavy atom. The number of esters is 1. The molecule has 0 spiro atoms. The summed E-state index contributed by atoms with van der Waals surface area (Å²) >= 11 is 0. The van der Waals surface area contributed by atoms with Crippen LogP contribution in [0.15, 0.2) is 0 Å². The average molecular weight is 222 g/mol. The summed E-state index contributed by atoms with van der Waals surface area (Å²) in [5.74, 6) is 5.16. The molecule has 0 N–H and O–H groups in total. The first kappa shape index (κ1) is 10.6. The van der Waals surface area contributed by atoms with Crippen LogP contribution in [0.25, 0.3) is 0 Å². The number of rotatable bonds is 1. The first-order chi connectivity index (χ1) is 7.63. The van der Waals surface area contributed by atoms with E-state index < -0.39 is 0 Å². The Morgan fingerprint density at radius 1 is 1.12 bits per heavy atom. The van der Waals surface area contributed by atoms with Crippen molar-refractivity contribution in [3.63, 3.8) is 0 Å². The van der Waals surface area contributed by atoms with Crippen LogP contribution >= 0.6 is 0 Å². The Balaban J connectivity index is 1.83. The molecule has 3 aliphatic rings. The van der Waals surface area contributed by atoms with E-state index in [1.807, 2.05) is 0 Å². The third-order valence-corrected chi connectivity index (χ3v) is 5.90. The van der Waals surface area contributed by atoms with E-state index >= 15 is 0 Å². The van der Waals surface area contributed by atoms with E-state index in [9.17, 15) is 4.79 Å². The predicted molar refractivity (Wildman–Crippen MR) is 61.6 cm³/mol. The molecule has 0 aromatic heterocycles. The Hall–Kier alpha value is -0.530. The molecule has 3 rings (SSSR count). The number of fused-ring (bicyclic) bond motifs is 5. The van der Waals surface area contributed by atoms with Crippen molar-refractivity contribution < 1.29 is 9.53 Å². The van der Waals surface area contributed by atoms with Gasteiger partial charge >= 0.3 is 5.97 Å². The molecule has 7 atom stereocenters. The molecular formula is C14H22O2. The summed E-state index contributed by atoms with van der Waals surface area (Å²) in [5.41, 5.74) is 0. The SMILES string of the molecule is COC(=O)C1CC2CC1C1C(C)C(C)CC21. The second kappa shape index (κ2) is 3.48. The molecule has 3 aliphatic carbocycles. The molecule has 0 aromatic carbocycles. The number of carbonyl (C=O) groups excluding carboxylic acids is 1. The maximum absolute atomic E-state index is 11.8. The summed E-state index contributed by atoms with van der Waals surface area (Å²) in [4.78, 5) is 11.8. The van der Waals surface area contributed by atoms with Crippen molar-refractivity contribution in [3.8, 4) is 0 Å². The highest BCUT2D eigenvalue weighted by Gasteiger charge is 2.59. The summed E-state index contributed by atoms with van der Waals surface area (Å²) < 4.78 is 4.96. The monoisotopic (exact) mass is 222 g/mol. The standard InChI is InChI=1S/C14H22O2/c1-7-4-10-9-5-11(13(10)8(7)2)12(6-9)14(15)16-3/h7-13H,4-6H2,1-3H3. The molecule has 0 aromatic rings. The van der Waals surface area contributed by atoms with Crippen molar-refractivity contribution in [1.29, 1.82) is 0 Å². The Morgan fingerprint density at radius 2 is 1.88 bits per heavy atom. The van der Waals surface area contributed by atoms with Gasteiger partial charge in [-0.25, -0.2) is 0 Å². The molecule has 7 unspecified atom stereocenters. The molecule has 0 radical (unpaired) electrons. The minimum atomic E-state index is 0.0534. The summed E-state index contributed by atoms with van der Waals surface area (Å²) in [6.07, 6.45) is 3.81. The zero-order valence-electron chi connectivity index (χ0n) is 10.5. The van der Waals surface area contributed by atoms with E-state index in [0.717, 1.165) is 36.0 Å². The highest BCUT2D eigenvalue weighted by atomic mass is 16.5. The average Bonchev–Trinajstić information content (AvgIpc) is 2.91. The lowest BCUT2D eigenvalue weighted by Crippen LogP contribution is -2.32. The maximum Gasteiger partial charge on any atom is 0.308 e. The first-order valence-electron chi connectivity index (χ1n) is 6.71. The summed E-state index contributed by atoms with van der Waals surface area (Å²) in [6.45, 7) is 4.78. The summed E-state index contributed by atoms with van der Waals surface area (Å²) in [6, 6.07) is 0. The van der Waals surface area contributed by atoms with Gasteiger partial charge < -0.3 is 4.74 Å². The lowest BCUT2D eigenvalue weighted by Gasteiger charge is -2.32. The normalized spacial score (nSPS) is 54.1. The number of ether oxygens (including phenoxy) is 1. The fourth-order valence-corrected chi connectivity index (χ4v) is 5.09. The van der Waals surface area contributed by atoms with Crippen molar-refractivity contribution in [2.24, 2.45) is 41.4 Å². The van der Waals surface area contributed by atoms with E-state index in [2.05, 4.69) is 13.8 Å². The number of methoxy groups -OCH3 is 1. The zero-order valence-corrected chi connectivity index (χ0v) is 10.5. The Labute approximate surface area is 97.7 Å². The van der Waals surface area contributed by atoms with Crippen LogP contribution in [0.1, 0.15) is 33.1 Å². The van der Waals surface area contributed by atoms with Crippen molar-refractivity contribution in [2.45, 2.75) is 33.1 Å². The van der Waals surface area contributed by atoms with Gasteiger partial charge in [-0.3, -0.25) is 4.79 Å². The second-order valence-corrected chi connectivity index (χ2v) is 6.34. The van der Waals surface area contributed by atoms with Gasteiger partial charge in [-0.2, -0.15) is 0 Å². The largest absolute Gasteiger partial charge is 0.469 e. The van der Waals surface area contributed by atoms with Gasteiger partial charge in [0.2, 0.25) is 0 Å². The molecule has 0 aliphatic heterocycles. The van der Waals surface area contributed by atoms with Crippen LogP contribution in [-0.4, -0.2) is 13.1 Å². The van der Waals surface area contributed by atoms with Crippen LogP contribution < -0.4 is 0 Å². The van der Waals surface area contributed by atoms with E-state index in [1.54, 1.807) is 0 Å². The maximum atomic E-state index is 11.8. The van der Waals surface area contributed by atoms with Gasteiger partial charge in [0.25, 0.3) is 0 Å². The molecule has 2 bridgehead atoms.